The molecule has 10 heteroatoms. The Balaban J connectivity index is 1.40. The molecule has 0 spiro atoms. The van der Waals surface area contributed by atoms with Crippen molar-refractivity contribution in [3.8, 4) is 0 Å². The number of nitrogens with zero attached hydrogens (tertiary/aromatic N) is 2. The molecule has 6 rings (SSSR count). The summed E-state index contributed by atoms with van der Waals surface area (Å²) in [4.78, 5) is 59.1. The maximum atomic E-state index is 13.8. The molecule has 37 heavy (non-hydrogen) atoms. The fourth-order valence-electron chi connectivity index (χ4n) is 7.46. The van der Waals surface area contributed by atoms with Crippen molar-refractivity contribution in [3.63, 3.8) is 0 Å². The van der Waals surface area contributed by atoms with Gasteiger partial charge in [0.15, 0.2) is 0 Å². The summed E-state index contributed by atoms with van der Waals surface area (Å²) in [6, 6.07) is 7.26. The summed E-state index contributed by atoms with van der Waals surface area (Å²) in [7, 11) is 3.99. The molecule has 8 nitrogen and oxygen atoms in total. The minimum atomic E-state index is -1.12. The topological polar surface area (TPSA) is 111 Å². The van der Waals surface area contributed by atoms with E-state index in [1.54, 1.807) is 11.8 Å². The number of hydrogen-bond donors (Lipinski definition) is 2. The minimum Gasteiger partial charge on any atom is -0.480 e. The van der Waals surface area contributed by atoms with Crippen molar-refractivity contribution in [3.05, 3.63) is 44.4 Å². The van der Waals surface area contributed by atoms with Crippen LogP contribution in [0.1, 0.15) is 43.0 Å². The highest BCUT2D eigenvalue weighted by molar-refractivity contribution is 8.00. The highest BCUT2D eigenvalue weighted by Gasteiger charge is 2.70. The Morgan fingerprint density at radius 1 is 1.11 bits per heavy atom. The molecule has 0 unspecified atom stereocenters. The van der Waals surface area contributed by atoms with E-state index in [0.29, 0.717) is 0 Å². The first-order chi connectivity index (χ1) is 17.6. The van der Waals surface area contributed by atoms with E-state index in [1.165, 1.54) is 11.3 Å². The first-order valence-electron chi connectivity index (χ1n) is 12.8. The highest BCUT2D eigenvalue weighted by atomic mass is 32.2. The summed E-state index contributed by atoms with van der Waals surface area (Å²) in [6.07, 6.45) is 1.04. The molecule has 2 saturated carbocycles. The highest BCUT2D eigenvalue weighted by Crippen LogP contribution is 2.68. The molecular weight excluding hydrogens is 510 g/mol. The van der Waals surface area contributed by atoms with Gasteiger partial charge in [0.1, 0.15) is 6.04 Å². The van der Waals surface area contributed by atoms with Crippen LogP contribution in [0.5, 0.6) is 0 Å². The molecule has 3 heterocycles. The number of carboxylic acids is 1. The normalized spacial score (nSPS) is 32.5. The fraction of sp³-hybridized carbons (Fsp3) is 0.556. The van der Waals surface area contributed by atoms with Gasteiger partial charge in [0.25, 0.3) is 0 Å². The lowest BCUT2D eigenvalue weighted by Crippen LogP contribution is -2.47. The Labute approximate surface area is 223 Å². The summed E-state index contributed by atoms with van der Waals surface area (Å²) >= 11 is 2.89. The van der Waals surface area contributed by atoms with Gasteiger partial charge in [-0.2, -0.15) is 0 Å². The number of carbonyl (C=O) groups excluding carboxylic acids is 2. The molecule has 2 N–H and O–H groups in total. The van der Waals surface area contributed by atoms with Gasteiger partial charge in [-0.15, -0.1) is 11.8 Å². The average Bonchev–Trinajstić information content (AvgIpc) is 3.56. The molecule has 1 aromatic carbocycles. The van der Waals surface area contributed by atoms with Crippen molar-refractivity contribution in [1.29, 1.82) is 0 Å². The quantitative estimate of drug-likeness (QED) is 0.539. The number of hydrogen-bond acceptors (Lipinski definition) is 7. The summed E-state index contributed by atoms with van der Waals surface area (Å²) < 4.78 is 0. The van der Waals surface area contributed by atoms with Crippen molar-refractivity contribution < 1.29 is 19.5 Å². The van der Waals surface area contributed by atoms with Crippen molar-refractivity contribution in [1.82, 2.24) is 9.88 Å². The van der Waals surface area contributed by atoms with Crippen molar-refractivity contribution in [2.45, 2.75) is 48.9 Å². The van der Waals surface area contributed by atoms with Gasteiger partial charge in [0.2, 0.25) is 11.8 Å². The Morgan fingerprint density at radius 3 is 2.35 bits per heavy atom. The van der Waals surface area contributed by atoms with E-state index in [9.17, 15) is 24.3 Å². The number of carbonyl (C=O) groups is 3. The van der Waals surface area contributed by atoms with Gasteiger partial charge in [0, 0.05) is 35.8 Å². The van der Waals surface area contributed by atoms with Gasteiger partial charge >= 0.3 is 10.8 Å². The van der Waals surface area contributed by atoms with Gasteiger partial charge in [-0.05, 0) is 54.2 Å². The third-order valence-electron chi connectivity index (χ3n) is 8.82. The van der Waals surface area contributed by atoms with Crippen molar-refractivity contribution >= 4 is 46.6 Å². The third kappa shape index (κ3) is 3.62. The molecule has 1 saturated heterocycles. The lowest BCUT2D eigenvalue weighted by Gasteiger charge is -2.43. The van der Waals surface area contributed by atoms with E-state index >= 15 is 0 Å². The Morgan fingerprint density at radius 2 is 1.76 bits per heavy atom. The van der Waals surface area contributed by atoms with Crippen LogP contribution in [0.25, 0.3) is 0 Å². The van der Waals surface area contributed by atoms with Crippen LogP contribution in [0.4, 0.5) is 5.69 Å². The van der Waals surface area contributed by atoms with Gasteiger partial charge < -0.3 is 15.0 Å². The second-order valence-corrected chi connectivity index (χ2v) is 13.7. The number of carboxylic acid groups (broad SMARTS) is 1. The number of thioether (sulfide) groups is 1. The number of benzene rings is 1. The number of nitrogens with one attached hydrogen (secondary N) is 1. The van der Waals surface area contributed by atoms with Crippen LogP contribution < -0.4 is 9.77 Å². The summed E-state index contributed by atoms with van der Waals surface area (Å²) in [5.41, 5.74) is 2.19. The van der Waals surface area contributed by atoms with Crippen LogP contribution in [0.2, 0.25) is 0 Å². The maximum absolute atomic E-state index is 13.8. The molecule has 2 amide bonds. The average molecular weight is 542 g/mol. The van der Waals surface area contributed by atoms with E-state index in [-0.39, 0.29) is 57.9 Å². The monoisotopic (exact) mass is 541 g/mol. The van der Waals surface area contributed by atoms with E-state index < -0.39 is 23.8 Å². The number of amides is 2. The predicted molar refractivity (Wildman–Crippen MR) is 142 cm³/mol. The molecule has 2 aliphatic heterocycles. The van der Waals surface area contributed by atoms with Crippen molar-refractivity contribution in [2.75, 3.05) is 19.0 Å². The van der Waals surface area contributed by atoms with Crippen molar-refractivity contribution in [2.24, 2.45) is 35.5 Å². The number of aliphatic carboxylic acids is 1. The van der Waals surface area contributed by atoms with Gasteiger partial charge in [-0.1, -0.05) is 37.3 Å². The maximum Gasteiger partial charge on any atom is 0.326 e. The van der Waals surface area contributed by atoms with E-state index in [2.05, 4.69) is 29.2 Å². The van der Waals surface area contributed by atoms with Crippen LogP contribution in [0, 0.1) is 35.5 Å². The number of anilines is 1. The lowest BCUT2D eigenvalue weighted by molar-refractivity contribution is -0.156. The molecule has 4 aliphatic rings. The fourth-order valence-corrected chi connectivity index (χ4v) is 10.4. The predicted octanol–water partition coefficient (Wildman–Crippen LogP) is 3.48. The lowest BCUT2D eigenvalue weighted by atomic mass is 9.68. The zero-order valence-electron chi connectivity index (χ0n) is 21.2. The third-order valence-corrected chi connectivity index (χ3v) is 11.4. The number of fused-ring (bicyclic) bond motifs is 9. The number of rotatable bonds is 6. The summed E-state index contributed by atoms with van der Waals surface area (Å²) in [6.45, 7) is 3.81. The molecular formula is C27H31N3O5S2. The molecule has 2 bridgehead atoms. The first-order valence-corrected chi connectivity index (χ1v) is 14.5. The van der Waals surface area contributed by atoms with E-state index in [1.807, 2.05) is 32.8 Å². The second kappa shape index (κ2) is 8.73. The molecule has 2 aliphatic carbocycles. The SMILES string of the molecule is CC(C)C[C@H](C(=O)O)N1C(=O)[C@@H]2[C@H]3C[C@@H]([C@@H]2C1=O)[C@@H]1[C@H](c2ccc(N(C)C)cc2)c2sc(=O)[nH]c2S[C@@H]31. The number of aromatic amines is 1. The van der Waals surface area contributed by atoms with Crippen LogP contribution in [0.15, 0.2) is 34.1 Å². The van der Waals surface area contributed by atoms with Crippen LogP contribution >= 0.6 is 23.1 Å². The van der Waals surface area contributed by atoms with Crippen LogP contribution in [0.3, 0.4) is 0 Å². The zero-order valence-corrected chi connectivity index (χ0v) is 22.8. The number of aromatic nitrogens is 1. The summed E-state index contributed by atoms with van der Waals surface area (Å²) in [5, 5.41) is 10.9. The second-order valence-electron chi connectivity index (χ2n) is 11.5. The molecule has 196 valence electrons. The Kier molecular flexibility index (Phi) is 5.83. The number of thiazole rings is 1. The van der Waals surface area contributed by atoms with Crippen LogP contribution in [-0.2, 0) is 14.4 Å². The molecule has 8 atom stereocenters. The molecule has 1 aromatic heterocycles. The van der Waals surface area contributed by atoms with E-state index in [4.69, 9.17) is 0 Å². The van der Waals surface area contributed by atoms with E-state index in [0.717, 1.165) is 32.5 Å². The summed E-state index contributed by atoms with van der Waals surface area (Å²) in [5.74, 6) is -2.62. The van der Waals surface area contributed by atoms with Crippen LogP contribution in [-0.4, -0.2) is 58.2 Å². The minimum absolute atomic E-state index is 0.0138. The molecule has 2 aromatic rings. The molecule has 0 radical (unpaired) electrons. The Bertz CT molecular complexity index is 1330. The Hall–Kier alpha value is -2.59. The number of H-pyrrole nitrogens is 1. The zero-order chi connectivity index (χ0) is 26.3. The first kappa shape index (κ1) is 24.7. The molecule has 3 fully saturated rings. The van der Waals surface area contributed by atoms with Gasteiger partial charge in [0.05, 0.1) is 16.9 Å². The standard InChI is InChI=1S/C27H31N3O5S2/c1-11(2)9-16(26(33)34)30-24(31)19-14-10-15(20(19)25(30)32)21-18(14)17(22-23(36-21)28-27(35)37-22)12-5-7-13(8-6-12)29(3)4/h5-8,11,14-21H,9-10H2,1-4H3,(H,28,35)(H,33,34)/t14-,15-,16-,17+,18-,19+,20-,21+/m1/s1. The number of imide groups is 1. The van der Waals surface area contributed by atoms with Gasteiger partial charge in [-0.3, -0.25) is 19.3 Å². The number of likely N-dealkylation sites (tertiary alicyclic amines) is 1. The van der Waals surface area contributed by atoms with Gasteiger partial charge in [-0.25, -0.2) is 4.79 Å². The smallest absolute Gasteiger partial charge is 0.326 e. The largest absolute Gasteiger partial charge is 0.480 e.